The zero-order chi connectivity index (χ0) is 19.8. The lowest BCUT2D eigenvalue weighted by Crippen LogP contribution is -2.51. The molecule has 0 bridgehead atoms. The van der Waals surface area contributed by atoms with Crippen LogP contribution in [0.5, 0.6) is 5.75 Å². The SMILES string of the molecule is O=C(O)C(Cc1ccc(O)cc1)NC(=O)C1CSC2c3ccccc3C(=O)N12. The number of nitrogens with one attached hydrogen (secondary N) is 1. The first-order chi connectivity index (χ1) is 13.5. The van der Waals surface area contributed by atoms with Crippen molar-refractivity contribution in [3.63, 3.8) is 0 Å². The maximum atomic E-state index is 12.8. The third kappa shape index (κ3) is 3.20. The number of aliphatic carboxylic acids is 1. The molecule has 2 aromatic carbocycles. The Labute approximate surface area is 165 Å². The van der Waals surface area contributed by atoms with E-state index in [1.54, 1.807) is 29.2 Å². The van der Waals surface area contributed by atoms with Gasteiger partial charge in [-0.15, -0.1) is 11.8 Å². The molecule has 4 rings (SSSR count). The predicted octanol–water partition coefficient (Wildman–Crippen LogP) is 1.77. The molecular formula is C20H18N2O5S. The number of fused-ring (bicyclic) bond motifs is 3. The second kappa shape index (κ2) is 7.20. The molecule has 144 valence electrons. The van der Waals surface area contributed by atoms with Gasteiger partial charge in [-0.2, -0.15) is 0 Å². The maximum absolute atomic E-state index is 12.8. The molecule has 1 saturated heterocycles. The molecule has 2 aliphatic rings. The number of rotatable bonds is 5. The van der Waals surface area contributed by atoms with Crippen molar-refractivity contribution in [3.05, 3.63) is 65.2 Å². The molecule has 1 fully saturated rings. The molecule has 0 radical (unpaired) electrons. The Morgan fingerprint density at radius 3 is 2.61 bits per heavy atom. The summed E-state index contributed by atoms with van der Waals surface area (Å²) >= 11 is 1.51. The Balaban J connectivity index is 1.49. The summed E-state index contributed by atoms with van der Waals surface area (Å²) < 4.78 is 0. The van der Waals surface area contributed by atoms with Crippen LogP contribution in [0.4, 0.5) is 0 Å². The minimum absolute atomic E-state index is 0.0822. The number of carboxylic acids is 1. The van der Waals surface area contributed by atoms with Gasteiger partial charge in [0.15, 0.2) is 0 Å². The number of amides is 2. The number of aromatic hydroxyl groups is 1. The van der Waals surface area contributed by atoms with Crippen molar-refractivity contribution >= 4 is 29.5 Å². The molecule has 3 N–H and O–H groups in total. The molecule has 0 aliphatic carbocycles. The highest BCUT2D eigenvalue weighted by molar-refractivity contribution is 7.99. The van der Waals surface area contributed by atoms with Crippen LogP contribution in [0.3, 0.4) is 0 Å². The van der Waals surface area contributed by atoms with Crippen LogP contribution in [0.25, 0.3) is 0 Å². The van der Waals surface area contributed by atoms with Crippen LogP contribution in [0.1, 0.15) is 26.9 Å². The highest BCUT2D eigenvalue weighted by Gasteiger charge is 2.48. The number of carbonyl (C=O) groups excluding carboxylic acids is 2. The van der Waals surface area contributed by atoms with Gasteiger partial charge in [0.2, 0.25) is 5.91 Å². The molecule has 2 aliphatic heterocycles. The lowest BCUT2D eigenvalue weighted by Gasteiger charge is -2.24. The summed E-state index contributed by atoms with van der Waals surface area (Å²) in [6, 6.07) is 11.6. The van der Waals surface area contributed by atoms with Gasteiger partial charge in [0.05, 0.1) is 0 Å². The summed E-state index contributed by atoms with van der Waals surface area (Å²) in [5.74, 6) is -1.32. The van der Waals surface area contributed by atoms with Gasteiger partial charge in [0.25, 0.3) is 5.91 Å². The topological polar surface area (TPSA) is 107 Å². The molecule has 3 atom stereocenters. The van der Waals surface area contributed by atoms with Crippen molar-refractivity contribution in [3.8, 4) is 5.75 Å². The van der Waals surface area contributed by atoms with Crippen molar-refractivity contribution in [1.82, 2.24) is 10.2 Å². The number of nitrogens with zero attached hydrogens (tertiary/aromatic N) is 1. The van der Waals surface area contributed by atoms with Crippen molar-refractivity contribution in [1.29, 1.82) is 0 Å². The van der Waals surface area contributed by atoms with Crippen LogP contribution in [0.2, 0.25) is 0 Å². The molecule has 28 heavy (non-hydrogen) atoms. The number of carbonyl (C=O) groups is 3. The number of carboxylic acid groups (broad SMARTS) is 1. The van der Waals surface area contributed by atoms with Crippen LogP contribution < -0.4 is 5.32 Å². The molecule has 2 aromatic rings. The van der Waals surface area contributed by atoms with E-state index in [-0.39, 0.29) is 23.5 Å². The number of benzene rings is 2. The Hall–Kier alpha value is -3.00. The summed E-state index contributed by atoms with van der Waals surface area (Å²) in [4.78, 5) is 38.7. The van der Waals surface area contributed by atoms with Gasteiger partial charge in [-0.1, -0.05) is 30.3 Å². The number of thioether (sulfide) groups is 1. The maximum Gasteiger partial charge on any atom is 0.326 e. The van der Waals surface area contributed by atoms with E-state index in [2.05, 4.69) is 5.32 Å². The van der Waals surface area contributed by atoms with Crippen LogP contribution in [-0.4, -0.2) is 50.7 Å². The van der Waals surface area contributed by atoms with Crippen LogP contribution in [0, 0.1) is 0 Å². The van der Waals surface area contributed by atoms with Gasteiger partial charge >= 0.3 is 5.97 Å². The minimum atomic E-state index is -1.15. The highest BCUT2D eigenvalue weighted by atomic mass is 32.2. The molecule has 0 aromatic heterocycles. The van der Waals surface area contributed by atoms with Gasteiger partial charge in [-0.05, 0) is 29.3 Å². The monoisotopic (exact) mass is 398 g/mol. The van der Waals surface area contributed by atoms with E-state index >= 15 is 0 Å². The average Bonchev–Trinajstić information content (AvgIpc) is 3.23. The lowest BCUT2D eigenvalue weighted by molar-refractivity contribution is -0.142. The van der Waals surface area contributed by atoms with Crippen molar-refractivity contribution in [2.24, 2.45) is 0 Å². The highest BCUT2D eigenvalue weighted by Crippen LogP contribution is 2.48. The zero-order valence-electron chi connectivity index (χ0n) is 14.7. The lowest BCUT2D eigenvalue weighted by atomic mass is 10.1. The molecule has 8 heteroatoms. The van der Waals surface area contributed by atoms with E-state index in [1.165, 1.54) is 23.9 Å². The van der Waals surface area contributed by atoms with Gasteiger partial charge in [-0.25, -0.2) is 4.79 Å². The van der Waals surface area contributed by atoms with Gasteiger partial charge < -0.3 is 20.4 Å². The van der Waals surface area contributed by atoms with Gasteiger partial charge in [-0.3, -0.25) is 9.59 Å². The Morgan fingerprint density at radius 2 is 1.89 bits per heavy atom. The number of phenolic OH excluding ortho intramolecular Hbond substituents is 1. The summed E-state index contributed by atoms with van der Waals surface area (Å²) in [7, 11) is 0. The number of hydrogen-bond donors (Lipinski definition) is 3. The van der Waals surface area contributed by atoms with E-state index in [9.17, 15) is 24.6 Å². The fraction of sp³-hybridized carbons (Fsp3) is 0.250. The van der Waals surface area contributed by atoms with Crippen molar-refractivity contribution in [2.75, 3.05) is 5.75 Å². The second-order valence-corrected chi connectivity index (χ2v) is 7.88. The Bertz CT molecular complexity index is 946. The van der Waals surface area contributed by atoms with Crippen LogP contribution in [0.15, 0.2) is 48.5 Å². The van der Waals surface area contributed by atoms with E-state index in [1.807, 2.05) is 12.1 Å². The van der Waals surface area contributed by atoms with Crippen LogP contribution in [-0.2, 0) is 16.0 Å². The van der Waals surface area contributed by atoms with Gasteiger partial charge in [0.1, 0.15) is 23.2 Å². The summed E-state index contributed by atoms with van der Waals surface area (Å²) in [6.45, 7) is 0. The van der Waals surface area contributed by atoms with Crippen molar-refractivity contribution < 1.29 is 24.6 Å². The third-order valence-corrected chi connectivity index (χ3v) is 6.29. The van der Waals surface area contributed by atoms with Crippen molar-refractivity contribution in [2.45, 2.75) is 23.9 Å². The third-order valence-electron chi connectivity index (χ3n) is 4.99. The average molecular weight is 398 g/mol. The minimum Gasteiger partial charge on any atom is -0.508 e. The normalized spacial score (nSPS) is 21.1. The standard InChI is InChI=1S/C20H18N2O5S/c23-12-7-5-11(6-8-12)9-15(20(26)27)21-17(24)16-10-28-19-14-4-2-1-3-13(14)18(25)22(16)19/h1-8,15-16,19,23H,9-10H2,(H,21,24)(H,26,27). The van der Waals surface area contributed by atoms with E-state index < -0.39 is 24.0 Å². The first-order valence-electron chi connectivity index (χ1n) is 8.80. The first kappa shape index (κ1) is 18.4. The molecule has 2 heterocycles. The molecule has 7 nitrogen and oxygen atoms in total. The first-order valence-corrected chi connectivity index (χ1v) is 9.85. The number of hydrogen-bond acceptors (Lipinski definition) is 5. The summed E-state index contributed by atoms with van der Waals surface area (Å²) in [6.07, 6.45) is 0.0822. The second-order valence-electron chi connectivity index (χ2n) is 6.77. The largest absolute Gasteiger partial charge is 0.508 e. The predicted molar refractivity (Wildman–Crippen MR) is 103 cm³/mol. The quantitative estimate of drug-likeness (QED) is 0.709. The fourth-order valence-corrected chi connectivity index (χ4v) is 5.04. The molecule has 0 spiro atoms. The summed E-state index contributed by atoms with van der Waals surface area (Å²) in [5.41, 5.74) is 2.16. The van der Waals surface area contributed by atoms with Gasteiger partial charge in [0, 0.05) is 17.7 Å². The molecule has 0 saturated carbocycles. The smallest absolute Gasteiger partial charge is 0.326 e. The number of phenols is 1. The molecule has 2 amide bonds. The van der Waals surface area contributed by atoms with E-state index in [4.69, 9.17) is 0 Å². The fourth-order valence-electron chi connectivity index (χ4n) is 3.58. The van der Waals surface area contributed by atoms with E-state index in [0.717, 1.165) is 5.56 Å². The zero-order valence-corrected chi connectivity index (χ0v) is 15.6. The molecule has 3 unspecified atom stereocenters. The Kier molecular flexibility index (Phi) is 4.72. The summed E-state index contributed by atoms with van der Waals surface area (Å²) in [5, 5.41) is 21.2. The Morgan fingerprint density at radius 1 is 1.18 bits per heavy atom. The molecular weight excluding hydrogens is 380 g/mol. The van der Waals surface area contributed by atoms with E-state index in [0.29, 0.717) is 16.9 Å². The van der Waals surface area contributed by atoms with Crippen LogP contribution >= 0.6 is 11.8 Å².